The monoisotopic (exact) mass is 327 g/mol. The van der Waals surface area contributed by atoms with Gasteiger partial charge in [-0.05, 0) is 43.0 Å². The molecule has 0 saturated carbocycles. The smallest absolute Gasteiger partial charge is 0.145 e. The van der Waals surface area contributed by atoms with Crippen molar-refractivity contribution < 1.29 is 0 Å². The van der Waals surface area contributed by atoms with Crippen LogP contribution < -0.4 is 0 Å². The molecule has 1 aromatic carbocycles. The lowest BCUT2D eigenvalue weighted by Gasteiger charge is -2.14. The zero-order chi connectivity index (χ0) is 17.2. The van der Waals surface area contributed by atoms with Gasteiger partial charge >= 0.3 is 0 Å². The highest BCUT2D eigenvalue weighted by molar-refractivity contribution is 5.66. The minimum atomic E-state index is 0.281. The normalized spacial score (nSPS) is 12.6. The van der Waals surface area contributed by atoms with Crippen molar-refractivity contribution in [1.82, 2.24) is 19.5 Å². The Morgan fingerprint density at radius 3 is 3.00 bits per heavy atom. The highest BCUT2D eigenvalue weighted by Crippen LogP contribution is 2.28. The van der Waals surface area contributed by atoms with Crippen molar-refractivity contribution in [3.05, 3.63) is 65.4 Å². The SMILES string of the molecule is Cc1nccc(-n2c(CC#N)cnc2-c2ccc3c(c2)CCC=C3)n1. The lowest BCUT2D eigenvalue weighted by Crippen LogP contribution is -2.06. The summed E-state index contributed by atoms with van der Waals surface area (Å²) in [6, 6.07) is 10.5. The second-order valence-corrected chi connectivity index (χ2v) is 6.06. The minimum absolute atomic E-state index is 0.281. The number of nitriles is 1. The van der Waals surface area contributed by atoms with Crippen LogP contribution in [-0.2, 0) is 12.8 Å². The van der Waals surface area contributed by atoms with E-state index in [0.717, 1.165) is 35.7 Å². The fourth-order valence-electron chi connectivity index (χ4n) is 3.19. The van der Waals surface area contributed by atoms with Crippen LogP contribution in [0.4, 0.5) is 0 Å². The van der Waals surface area contributed by atoms with Crippen LogP contribution in [0, 0.1) is 18.3 Å². The molecule has 0 bridgehead atoms. The van der Waals surface area contributed by atoms with Crippen LogP contribution in [0.1, 0.15) is 29.1 Å². The van der Waals surface area contributed by atoms with Gasteiger partial charge in [-0.2, -0.15) is 5.26 Å². The number of hydrogen-bond acceptors (Lipinski definition) is 4. The molecule has 3 aromatic rings. The second-order valence-electron chi connectivity index (χ2n) is 6.06. The third-order valence-electron chi connectivity index (χ3n) is 4.36. The number of imidazole rings is 1. The van der Waals surface area contributed by atoms with E-state index in [4.69, 9.17) is 5.26 Å². The molecular weight excluding hydrogens is 310 g/mol. The van der Waals surface area contributed by atoms with E-state index in [1.54, 1.807) is 12.4 Å². The van der Waals surface area contributed by atoms with E-state index in [9.17, 15) is 0 Å². The van der Waals surface area contributed by atoms with Gasteiger partial charge in [0.2, 0.25) is 0 Å². The van der Waals surface area contributed by atoms with E-state index in [1.165, 1.54) is 11.1 Å². The molecule has 0 saturated heterocycles. The molecule has 0 N–H and O–H groups in total. The van der Waals surface area contributed by atoms with Gasteiger partial charge in [-0.15, -0.1) is 0 Å². The summed E-state index contributed by atoms with van der Waals surface area (Å²) >= 11 is 0. The quantitative estimate of drug-likeness (QED) is 0.736. The van der Waals surface area contributed by atoms with Gasteiger partial charge in [0.05, 0.1) is 24.4 Å². The van der Waals surface area contributed by atoms with E-state index in [1.807, 2.05) is 17.6 Å². The first kappa shape index (κ1) is 15.3. The number of aryl methyl sites for hydroxylation is 2. The van der Waals surface area contributed by atoms with Crippen LogP contribution in [0.2, 0.25) is 0 Å². The van der Waals surface area contributed by atoms with Gasteiger partial charge in [0.25, 0.3) is 0 Å². The number of fused-ring (bicyclic) bond motifs is 1. The second kappa shape index (κ2) is 6.33. The summed E-state index contributed by atoms with van der Waals surface area (Å²) in [7, 11) is 0. The van der Waals surface area contributed by atoms with Crippen molar-refractivity contribution in [3.8, 4) is 23.3 Å². The molecular formula is C20H17N5. The van der Waals surface area contributed by atoms with Gasteiger partial charge in [-0.3, -0.25) is 4.57 Å². The number of benzene rings is 1. The molecule has 0 spiro atoms. The van der Waals surface area contributed by atoms with Crippen molar-refractivity contribution in [1.29, 1.82) is 5.26 Å². The summed E-state index contributed by atoms with van der Waals surface area (Å²) in [5.41, 5.74) is 4.46. The first-order valence-electron chi connectivity index (χ1n) is 8.29. The van der Waals surface area contributed by atoms with E-state index in [0.29, 0.717) is 5.82 Å². The maximum Gasteiger partial charge on any atom is 0.145 e. The number of rotatable bonds is 3. The number of allylic oxidation sites excluding steroid dienone is 1. The van der Waals surface area contributed by atoms with E-state index in [-0.39, 0.29) is 6.42 Å². The molecule has 5 nitrogen and oxygen atoms in total. The molecule has 1 aliphatic carbocycles. The summed E-state index contributed by atoms with van der Waals surface area (Å²) in [6.07, 6.45) is 10.3. The van der Waals surface area contributed by atoms with Gasteiger partial charge in [0, 0.05) is 11.8 Å². The van der Waals surface area contributed by atoms with Crippen molar-refractivity contribution >= 4 is 6.08 Å². The van der Waals surface area contributed by atoms with Gasteiger partial charge < -0.3 is 0 Å². The third kappa shape index (κ3) is 2.83. The first-order chi connectivity index (χ1) is 12.3. The molecule has 4 rings (SSSR count). The molecule has 0 amide bonds. The van der Waals surface area contributed by atoms with Crippen molar-refractivity contribution in [2.45, 2.75) is 26.2 Å². The molecule has 25 heavy (non-hydrogen) atoms. The predicted octanol–water partition coefficient (Wildman–Crippen LogP) is 3.66. The largest absolute Gasteiger partial charge is 0.280 e. The Morgan fingerprint density at radius 1 is 1.24 bits per heavy atom. The van der Waals surface area contributed by atoms with Gasteiger partial charge in [0.1, 0.15) is 17.5 Å². The molecule has 122 valence electrons. The summed E-state index contributed by atoms with van der Waals surface area (Å²) in [5, 5.41) is 9.15. The Morgan fingerprint density at radius 2 is 2.16 bits per heavy atom. The lowest BCUT2D eigenvalue weighted by atomic mass is 9.95. The van der Waals surface area contributed by atoms with Crippen LogP contribution in [0.25, 0.3) is 23.3 Å². The minimum Gasteiger partial charge on any atom is -0.280 e. The molecule has 2 heterocycles. The number of nitrogens with zero attached hydrogens (tertiary/aromatic N) is 5. The number of aromatic nitrogens is 4. The highest BCUT2D eigenvalue weighted by Gasteiger charge is 2.16. The Balaban J connectivity index is 1.88. The molecule has 5 heteroatoms. The van der Waals surface area contributed by atoms with Crippen LogP contribution in [-0.4, -0.2) is 19.5 Å². The first-order valence-corrected chi connectivity index (χ1v) is 8.29. The van der Waals surface area contributed by atoms with Crippen molar-refractivity contribution in [2.24, 2.45) is 0 Å². The van der Waals surface area contributed by atoms with E-state index >= 15 is 0 Å². The maximum absolute atomic E-state index is 9.15. The summed E-state index contributed by atoms with van der Waals surface area (Å²) in [4.78, 5) is 13.3. The Hall–Kier alpha value is -3.26. The maximum atomic E-state index is 9.15. The molecule has 0 fully saturated rings. The zero-order valence-electron chi connectivity index (χ0n) is 14.0. The number of hydrogen-bond donors (Lipinski definition) is 0. The molecule has 1 aliphatic rings. The molecule has 0 radical (unpaired) electrons. The highest BCUT2D eigenvalue weighted by atomic mass is 15.2. The van der Waals surface area contributed by atoms with Crippen LogP contribution >= 0.6 is 0 Å². The summed E-state index contributed by atoms with van der Waals surface area (Å²) < 4.78 is 1.96. The fraction of sp³-hybridized carbons (Fsp3) is 0.200. The summed E-state index contributed by atoms with van der Waals surface area (Å²) in [6.45, 7) is 1.86. The molecule has 0 unspecified atom stereocenters. The predicted molar refractivity (Wildman–Crippen MR) is 96.0 cm³/mol. The Bertz CT molecular complexity index is 1010. The van der Waals surface area contributed by atoms with Crippen LogP contribution in [0.15, 0.2) is 42.7 Å². The van der Waals surface area contributed by atoms with E-state index in [2.05, 4.69) is 51.4 Å². The zero-order valence-corrected chi connectivity index (χ0v) is 14.0. The van der Waals surface area contributed by atoms with Crippen molar-refractivity contribution in [2.75, 3.05) is 0 Å². The van der Waals surface area contributed by atoms with Crippen molar-refractivity contribution in [3.63, 3.8) is 0 Å². The summed E-state index contributed by atoms with van der Waals surface area (Å²) in [5.74, 6) is 2.24. The van der Waals surface area contributed by atoms with Crippen LogP contribution in [0.5, 0.6) is 0 Å². The average Bonchev–Trinajstić information content (AvgIpc) is 3.05. The third-order valence-corrected chi connectivity index (χ3v) is 4.36. The van der Waals surface area contributed by atoms with Gasteiger partial charge in [-0.25, -0.2) is 15.0 Å². The lowest BCUT2D eigenvalue weighted by molar-refractivity contribution is 0.902. The fourth-order valence-corrected chi connectivity index (χ4v) is 3.19. The molecule has 0 atom stereocenters. The topological polar surface area (TPSA) is 67.4 Å². The average molecular weight is 327 g/mol. The van der Waals surface area contributed by atoms with Gasteiger partial charge in [-0.1, -0.05) is 24.3 Å². The standard InChI is InChI=1S/C20H17N5/c1-14-22-11-9-19(24-14)25-18(8-10-21)13-23-20(25)17-7-6-15-4-2-3-5-16(15)12-17/h2,4,6-7,9,11-13H,3,5,8H2,1H3. The Labute approximate surface area is 146 Å². The van der Waals surface area contributed by atoms with Crippen LogP contribution in [0.3, 0.4) is 0 Å². The molecule has 2 aromatic heterocycles. The molecule has 0 aliphatic heterocycles. The Kier molecular flexibility index (Phi) is 3.87. The van der Waals surface area contributed by atoms with E-state index < -0.39 is 0 Å². The van der Waals surface area contributed by atoms with Gasteiger partial charge in [0.15, 0.2) is 0 Å².